The Morgan fingerprint density at radius 1 is 1.38 bits per heavy atom. The monoisotopic (exact) mass is 209 g/mol. The van der Waals surface area contributed by atoms with Crippen molar-refractivity contribution in [2.24, 2.45) is 0 Å². The van der Waals surface area contributed by atoms with Crippen molar-refractivity contribution in [3.8, 4) is 0 Å². The fraction of sp³-hybridized carbons (Fsp3) is 0.300. The van der Waals surface area contributed by atoms with Crippen LogP contribution in [0.5, 0.6) is 0 Å². The van der Waals surface area contributed by atoms with Gasteiger partial charge in [0.25, 0.3) is 0 Å². The zero-order valence-electron chi connectivity index (χ0n) is 7.41. The molecule has 0 bridgehead atoms. The Morgan fingerprint density at radius 2 is 2.08 bits per heavy atom. The number of thioether (sulfide) groups is 1. The first-order valence-corrected chi connectivity index (χ1v) is 5.61. The molecule has 1 heterocycles. The van der Waals surface area contributed by atoms with Crippen LogP contribution in [-0.4, -0.2) is 10.1 Å². The second kappa shape index (κ2) is 3.31. The van der Waals surface area contributed by atoms with Crippen molar-refractivity contribution in [3.05, 3.63) is 35.9 Å². The van der Waals surface area contributed by atoms with Crippen molar-refractivity contribution in [2.75, 3.05) is 5.75 Å². The van der Waals surface area contributed by atoms with Gasteiger partial charge in [-0.15, -0.1) is 0 Å². The number of nitrogens with one attached hydrogen (secondary N) is 1. The van der Waals surface area contributed by atoms with Gasteiger partial charge in [0.05, 0.1) is 5.54 Å². The maximum absolute atomic E-state index is 5.12. The molecule has 1 aliphatic rings. The van der Waals surface area contributed by atoms with Gasteiger partial charge in [-0.25, -0.2) is 0 Å². The van der Waals surface area contributed by atoms with Gasteiger partial charge in [-0.05, 0) is 12.5 Å². The van der Waals surface area contributed by atoms with Crippen LogP contribution in [0.15, 0.2) is 30.3 Å². The second-order valence-electron chi connectivity index (χ2n) is 3.40. The van der Waals surface area contributed by atoms with Gasteiger partial charge < -0.3 is 5.32 Å². The Bertz CT molecular complexity index is 323. The third-order valence-electron chi connectivity index (χ3n) is 2.28. The van der Waals surface area contributed by atoms with Crippen LogP contribution in [0.2, 0.25) is 0 Å². The predicted molar refractivity (Wildman–Crippen MR) is 62.0 cm³/mol. The third kappa shape index (κ3) is 1.71. The smallest absolute Gasteiger partial charge is 0.134 e. The van der Waals surface area contributed by atoms with E-state index in [1.165, 1.54) is 5.56 Å². The summed E-state index contributed by atoms with van der Waals surface area (Å²) < 4.78 is 0.909. The first kappa shape index (κ1) is 9.03. The standard InChI is InChI=1S/C10H11NS2/c1-10(7-13-9(12)11-10)8-5-3-2-4-6-8/h2-6H,7H2,1H3,(H,11,12). The minimum Gasteiger partial charge on any atom is -0.361 e. The second-order valence-corrected chi connectivity index (χ2v) is 5.05. The molecule has 0 radical (unpaired) electrons. The molecule has 0 aromatic heterocycles. The molecule has 68 valence electrons. The number of rotatable bonds is 1. The zero-order chi connectivity index (χ0) is 9.31. The molecule has 1 atom stereocenters. The van der Waals surface area contributed by atoms with Crippen molar-refractivity contribution in [1.82, 2.24) is 5.32 Å². The molecule has 1 nitrogen and oxygen atoms in total. The number of hydrogen-bond donors (Lipinski definition) is 1. The minimum atomic E-state index is 0.0308. The highest BCUT2D eigenvalue weighted by atomic mass is 32.2. The average molecular weight is 209 g/mol. The van der Waals surface area contributed by atoms with E-state index in [4.69, 9.17) is 12.2 Å². The topological polar surface area (TPSA) is 12.0 Å². The molecule has 1 saturated heterocycles. The third-order valence-corrected chi connectivity index (χ3v) is 3.82. The molecule has 13 heavy (non-hydrogen) atoms. The van der Waals surface area contributed by atoms with E-state index < -0.39 is 0 Å². The number of thiocarbonyl (C=S) groups is 1. The molecule has 1 aromatic carbocycles. The lowest BCUT2D eigenvalue weighted by molar-refractivity contribution is 0.514. The van der Waals surface area contributed by atoms with Gasteiger partial charge in [0.1, 0.15) is 4.32 Å². The van der Waals surface area contributed by atoms with Gasteiger partial charge in [0.2, 0.25) is 0 Å². The van der Waals surface area contributed by atoms with Crippen LogP contribution in [-0.2, 0) is 5.54 Å². The minimum absolute atomic E-state index is 0.0308. The zero-order valence-corrected chi connectivity index (χ0v) is 9.04. The van der Waals surface area contributed by atoms with Crippen LogP contribution in [0.1, 0.15) is 12.5 Å². The summed E-state index contributed by atoms with van der Waals surface area (Å²) in [5.74, 6) is 1.02. The highest BCUT2D eigenvalue weighted by Gasteiger charge is 2.32. The van der Waals surface area contributed by atoms with E-state index in [1.807, 2.05) is 6.07 Å². The van der Waals surface area contributed by atoms with Gasteiger partial charge in [0, 0.05) is 5.75 Å². The summed E-state index contributed by atoms with van der Waals surface area (Å²) in [4.78, 5) is 0. The quantitative estimate of drug-likeness (QED) is 0.714. The molecule has 1 N–H and O–H groups in total. The van der Waals surface area contributed by atoms with Crippen molar-refractivity contribution in [2.45, 2.75) is 12.5 Å². The maximum atomic E-state index is 5.12. The Kier molecular flexibility index (Phi) is 2.30. The van der Waals surface area contributed by atoms with Crippen molar-refractivity contribution in [1.29, 1.82) is 0 Å². The average Bonchev–Trinajstić information content (AvgIpc) is 2.49. The van der Waals surface area contributed by atoms with Crippen LogP contribution in [0.4, 0.5) is 0 Å². The Labute approximate surface area is 87.9 Å². The van der Waals surface area contributed by atoms with Crippen LogP contribution < -0.4 is 5.32 Å². The molecule has 0 spiro atoms. The van der Waals surface area contributed by atoms with Crippen LogP contribution in [0, 0.1) is 0 Å². The Morgan fingerprint density at radius 3 is 2.62 bits per heavy atom. The van der Waals surface area contributed by atoms with E-state index in [0.717, 1.165) is 10.1 Å². The SMILES string of the molecule is CC1(c2ccccc2)CSC(=S)N1. The number of hydrogen-bond acceptors (Lipinski definition) is 2. The van der Waals surface area contributed by atoms with E-state index in [1.54, 1.807) is 11.8 Å². The first-order chi connectivity index (χ1) is 6.21. The lowest BCUT2D eigenvalue weighted by atomic mass is 9.95. The van der Waals surface area contributed by atoms with Gasteiger partial charge in [-0.1, -0.05) is 54.3 Å². The highest BCUT2D eigenvalue weighted by Crippen LogP contribution is 2.31. The van der Waals surface area contributed by atoms with Gasteiger partial charge in [-0.2, -0.15) is 0 Å². The van der Waals surface area contributed by atoms with E-state index >= 15 is 0 Å². The molecular formula is C10H11NS2. The van der Waals surface area contributed by atoms with E-state index in [0.29, 0.717) is 0 Å². The fourth-order valence-corrected chi connectivity index (χ4v) is 2.83. The molecular weight excluding hydrogens is 198 g/mol. The summed E-state index contributed by atoms with van der Waals surface area (Å²) in [6.07, 6.45) is 0. The maximum Gasteiger partial charge on any atom is 0.134 e. The summed E-state index contributed by atoms with van der Waals surface area (Å²) >= 11 is 6.84. The summed E-state index contributed by atoms with van der Waals surface area (Å²) in [5.41, 5.74) is 1.34. The van der Waals surface area contributed by atoms with E-state index in [2.05, 4.69) is 36.5 Å². The van der Waals surface area contributed by atoms with E-state index in [9.17, 15) is 0 Å². The summed E-state index contributed by atoms with van der Waals surface area (Å²) in [7, 11) is 0. The molecule has 1 fully saturated rings. The van der Waals surface area contributed by atoms with Crippen molar-refractivity contribution >= 4 is 28.3 Å². The van der Waals surface area contributed by atoms with Crippen LogP contribution >= 0.6 is 24.0 Å². The fourth-order valence-electron chi connectivity index (χ4n) is 1.47. The molecule has 0 aliphatic carbocycles. The molecule has 2 rings (SSSR count). The van der Waals surface area contributed by atoms with Gasteiger partial charge in [-0.3, -0.25) is 0 Å². The van der Waals surface area contributed by atoms with Crippen molar-refractivity contribution < 1.29 is 0 Å². The van der Waals surface area contributed by atoms with Crippen LogP contribution in [0.25, 0.3) is 0 Å². The normalized spacial score (nSPS) is 27.3. The Hall–Kier alpha value is -0.540. The Balaban J connectivity index is 2.31. The highest BCUT2D eigenvalue weighted by molar-refractivity contribution is 8.23. The number of benzene rings is 1. The molecule has 3 heteroatoms. The molecule has 1 aromatic rings. The molecule has 1 unspecified atom stereocenters. The lowest BCUT2D eigenvalue weighted by Gasteiger charge is -2.23. The summed E-state index contributed by atoms with van der Waals surface area (Å²) in [5, 5.41) is 3.34. The van der Waals surface area contributed by atoms with Crippen molar-refractivity contribution in [3.63, 3.8) is 0 Å². The van der Waals surface area contributed by atoms with E-state index in [-0.39, 0.29) is 5.54 Å². The largest absolute Gasteiger partial charge is 0.361 e. The summed E-state index contributed by atoms with van der Waals surface area (Å²) in [6.45, 7) is 2.19. The van der Waals surface area contributed by atoms with Gasteiger partial charge in [0.15, 0.2) is 0 Å². The van der Waals surface area contributed by atoms with Gasteiger partial charge >= 0.3 is 0 Å². The molecule has 1 aliphatic heterocycles. The molecule has 0 saturated carbocycles. The molecule has 0 amide bonds. The predicted octanol–water partition coefficient (Wildman–Crippen LogP) is 2.52. The summed E-state index contributed by atoms with van der Waals surface area (Å²) in [6, 6.07) is 10.4. The lowest BCUT2D eigenvalue weighted by Crippen LogP contribution is -2.36. The van der Waals surface area contributed by atoms with Crippen LogP contribution in [0.3, 0.4) is 0 Å². The first-order valence-electron chi connectivity index (χ1n) is 4.21.